The molecule has 0 aromatic heterocycles. The minimum Gasteiger partial charge on any atom is -0.488 e. The minimum atomic E-state index is -0.448. The largest absolute Gasteiger partial charge is 0.488 e. The maximum Gasteiger partial charge on any atom is 0.167 e. The van der Waals surface area contributed by atoms with Crippen molar-refractivity contribution < 1.29 is 13.9 Å². The first-order valence-electron chi connectivity index (χ1n) is 6.11. The first-order chi connectivity index (χ1) is 8.54. The number of nitrogens with two attached hydrogens (primary N) is 1. The van der Waals surface area contributed by atoms with E-state index in [-0.39, 0.29) is 11.9 Å². The lowest BCUT2D eigenvalue weighted by Gasteiger charge is -2.15. The van der Waals surface area contributed by atoms with E-state index in [0.717, 1.165) is 0 Å². The van der Waals surface area contributed by atoms with E-state index < -0.39 is 5.82 Å². The summed E-state index contributed by atoms with van der Waals surface area (Å²) in [6.45, 7) is 7.48. The third-order valence-corrected chi connectivity index (χ3v) is 2.23. The third-order valence-electron chi connectivity index (χ3n) is 2.23. The van der Waals surface area contributed by atoms with Crippen molar-refractivity contribution in [2.24, 2.45) is 0 Å². The summed E-state index contributed by atoms with van der Waals surface area (Å²) in [5.74, 6) is -0.241. The molecular formula is C13H21FN2O2. The molecular weight excluding hydrogens is 235 g/mol. The zero-order chi connectivity index (χ0) is 13.5. The molecule has 5 heteroatoms. The predicted molar refractivity (Wildman–Crippen MR) is 71.6 cm³/mol. The lowest BCUT2D eigenvalue weighted by atomic mass is 10.2. The summed E-state index contributed by atoms with van der Waals surface area (Å²) in [6, 6.07) is 2.84. The number of benzene rings is 1. The van der Waals surface area contributed by atoms with Crippen molar-refractivity contribution in [1.29, 1.82) is 0 Å². The number of ether oxygens (including phenoxy) is 2. The van der Waals surface area contributed by atoms with Crippen molar-refractivity contribution in [3.05, 3.63) is 17.9 Å². The van der Waals surface area contributed by atoms with Crippen molar-refractivity contribution in [3.63, 3.8) is 0 Å². The Bertz CT molecular complexity index is 383. The van der Waals surface area contributed by atoms with Crippen LogP contribution >= 0.6 is 0 Å². The highest BCUT2D eigenvalue weighted by atomic mass is 19.1. The molecule has 0 aliphatic carbocycles. The molecule has 0 aliphatic heterocycles. The quantitative estimate of drug-likeness (QED) is 0.581. The van der Waals surface area contributed by atoms with Gasteiger partial charge in [-0.05, 0) is 20.8 Å². The first kappa shape index (κ1) is 14.6. The maximum absolute atomic E-state index is 13.6. The molecule has 0 unspecified atom stereocenters. The number of hydrogen-bond donors (Lipinski definition) is 2. The summed E-state index contributed by atoms with van der Waals surface area (Å²) in [7, 11) is 0. The van der Waals surface area contributed by atoms with Crippen LogP contribution in [0.5, 0.6) is 5.75 Å². The smallest absolute Gasteiger partial charge is 0.167 e. The van der Waals surface area contributed by atoms with E-state index in [2.05, 4.69) is 5.32 Å². The summed E-state index contributed by atoms with van der Waals surface area (Å²) >= 11 is 0. The fourth-order valence-electron chi connectivity index (χ4n) is 1.47. The molecule has 0 saturated heterocycles. The van der Waals surface area contributed by atoms with Crippen LogP contribution in [0.4, 0.5) is 15.8 Å². The number of rotatable bonds is 7. The summed E-state index contributed by atoms with van der Waals surface area (Å²) in [4.78, 5) is 0. The topological polar surface area (TPSA) is 56.5 Å². The molecule has 102 valence electrons. The number of anilines is 2. The fraction of sp³-hybridized carbons (Fsp3) is 0.538. The molecule has 1 aromatic rings. The van der Waals surface area contributed by atoms with Crippen LogP contribution in [0.3, 0.4) is 0 Å². The van der Waals surface area contributed by atoms with E-state index in [0.29, 0.717) is 31.1 Å². The summed E-state index contributed by atoms with van der Waals surface area (Å²) in [5.41, 5.74) is 6.76. The van der Waals surface area contributed by atoms with Gasteiger partial charge in [0.2, 0.25) is 0 Å². The Kier molecular flexibility index (Phi) is 5.71. The van der Waals surface area contributed by atoms with Crippen molar-refractivity contribution in [1.82, 2.24) is 0 Å². The zero-order valence-corrected chi connectivity index (χ0v) is 11.1. The van der Waals surface area contributed by atoms with Gasteiger partial charge in [-0.2, -0.15) is 0 Å². The van der Waals surface area contributed by atoms with Crippen molar-refractivity contribution >= 4 is 11.4 Å². The monoisotopic (exact) mass is 256 g/mol. The average Bonchev–Trinajstić information content (AvgIpc) is 2.29. The van der Waals surface area contributed by atoms with Gasteiger partial charge in [0.05, 0.1) is 24.1 Å². The van der Waals surface area contributed by atoms with Crippen LogP contribution in [0.15, 0.2) is 12.1 Å². The molecule has 0 atom stereocenters. The molecule has 0 heterocycles. The number of nitrogen functional groups attached to an aromatic ring is 1. The first-order valence-corrected chi connectivity index (χ1v) is 6.11. The Morgan fingerprint density at radius 3 is 2.72 bits per heavy atom. The van der Waals surface area contributed by atoms with Gasteiger partial charge in [0.25, 0.3) is 0 Å². The van der Waals surface area contributed by atoms with Crippen molar-refractivity contribution in [2.45, 2.75) is 26.9 Å². The molecule has 0 amide bonds. The van der Waals surface area contributed by atoms with Gasteiger partial charge < -0.3 is 20.5 Å². The predicted octanol–water partition coefficient (Wildman–Crippen LogP) is 2.64. The molecule has 18 heavy (non-hydrogen) atoms. The van der Waals surface area contributed by atoms with E-state index in [1.807, 2.05) is 20.8 Å². The van der Waals surface area contributed by atoms with Crippen LogP contribution in [0.25, 0.3) is 0 Å². The molecule has 0 aliphatic rings. The summed E-state index contributed by atoms with van der Waals surface area (Å²) < 4.78 is 24.1. The standard InChI is InChI=1S/C13H21FN2O2/c1-4-17-6-5-16-12-8-13(18-9(2)3)10(14)7-11(12)15/h7-9,16H,4-6,15H2,1-3H3. The van der Waals surface area contributed by atoms with Crippen LogP contribution in [0, 0.1) is 5.82 Å². The number of nitrogens with one attached hydrogen (secondary N) is 1. The Morgan fingerprint density at radius 2 is 2.11 bits per heavy atom. The third kappa shape index (κ3) is 4.41. The Morgan fingerprint density at radius 1 is 1.39 bits per heavy atom. The van der Waals surface area contributed by atoms with E-state index in [1.54, 1.807) is 6.07 Å². The minimum absolute atomic E-state index is 0.0839. The summed E-state index contributed by atoms with van der Waals surface area (Å²) in [5, 5.41) is 3.09. The van der Waals surface area contributed by atoms with E-state index in [1.165, 1.54) is 6.07 Å². The molecule has 0 spiro atoms. The molecule has 4 nitrogen and oxygen atoms in total. The highest BCUT2D eigenvalue weighted by molar-refractivity contribution is 5.68. The second-order valence-electron chi connectivity index (χ2n) is 4.16. The molecule has 0 bridgehead atoms. The average molecular weight is 256 g/mol. The van der Waals surface area contributed by atoms with E-state index in [4.69, 9.17) is 15.2 Å². The molecule has 1 rings (SSSR count). The van der Waals surface area contributed by atoms with Crippen LogP contribution in [0.1, 0.15) is 20.8 Å². The normalized spacial score (nSPS) is 10.7. The lowest BCUT2D eigenvalue weighted by molar-refractivity contribution is 0.158. The number of halogens is 1. The van der Waals surface area contributed by atoms with Crippen molar-refractivity contribution in [3.8, 4) is 5.75 Å². The van der Waals surface area contributed by atoms with E-state index >= 15 is 0 Å². The fourth-order valence-corrected chi connectivity index (χ4v) is 1.47. The van der Waals surface area contributed by atoms with Gasteiger partial charge in [-0.25, -0.2) is 4.39 Å². The second-order valence-corrected chi connectivity index (χ2v) is 4.16. The Labute approximate surface area is 107 Å². The summed E-state index contributed by atoms with van der Waals surface area (Å²) in [6.07, 6.45) is -0.0839. The SMILES string of the molecule is CCOCCNc1cc(OC(C)C)c(F)cc1N. The van der Waals surface area contributed by atoms with Gasteiger partial charge in [-0.15, -0.1) is 0 Å². The van der Waals surface area contributed by atoms with Gasteiger partial charge in [0.1, 0.15) is 0 Å². The van der Waals surface area contributed by atoms with Crippen molar-refractivity contribution in [2.75, 3.05) is 30.8 Å². The van der Waals surface area contributed by atoms with Gasteiger partial charge in [-0.1, -0.05) is 0 Å². The molecule has 1 aromatic carbocycles. The Hall–Kier alpha value is -1.49. The molecule has 3 N–H and O–H groups in total. The zero-order valence-electron chi connectivity index (χ0n) is 11.1. The number of hydrogen-bond acceptors (Lipinski definition) is 4. The highest BCUT2D eigenvalue weighted by Gasteiger charge is 2.10. The second kappa shape index (κ2) is 7.06. The van der Waals surface area contributed by atoms with Crippen LogP contribution in [-0.4, -0.2) is 25.9 Å². The molecule has 0 fully saturated rings. The van der Waals surface area contributed by atoms with Crippen LogP contribution in [0.2, 0.25) is 0 Å². The van der Waals surface area contributed by atoms with Crippen LogP contribution < -0.4 is 15.8 Å². The maximum atomic E-state index is 13.6. The van der Waals surface area contributed by atoms with Gasteiger partial charge in [0, 0.05) is 25.3 Å². The Balaban J connectivity index is 2.71. The van der Waals surface area contributed by atoms with E-state index in [9.17, 15) is 4.39 Å². The molecule has 0 radical (unpaired) electrons. The van der Waals surface area contributed by atoms with Gasteiger partial charge >= 0.3 is 0 Å². The van der Waals surface area contributed by atoms with Gasteiger partial charge in [-0.3, -0.25) is 0 Å². The van der Waals surface area contributed by atoms with Gasteiger partial charge in [0.15, 0.2) is 11.6 Å². The van der Waals surface area contributed by atoms with Crippen LogP contribution in [-0.2, 0) is 4.74 Å². The highest BCUT2D eigenvalue weighted by Crippen LogP contribution is 2.28. The molecule has 0 saturated carbocycles. The lowest BCUT2D eigenvalue weighted by Crippen LogP contribution is -2.12.